The van der Waals surface area contributed by atoms with Crippen molar-refractivity contribution < 1.29 is 4.79 Å². The summed E-state index contributed by atoms with van der Waals surface area (Å²) in [7, 11) is 0. The number of rotatable bonds is 4. The van der Waals surface area contributed by atoms with E-state index >= 15 is 0 Å². The minimum atomic E-state index is 0.146. The maximum atomic E-state index is 12.1. The fraction of sp³-hybridized carbons (Fsp3) is 0.533. The van der Waals surface area contributed by atoms with Gasteiger partial charge in [0.2, 0.25) is 0 Å². The van der Waals surface area contributed by atoms with Crippen LogP contribution < -0.4 is 0 Å². The lowest BCUT2D eigenvalue weighted by Crippen LogP contribution is -2.24. The summed E-state index contributed by atoms with van der Waals surface area (Å²) in [5.74, 6) is 1.62. The van der Waals surface area contributed by atoms with Crippen LogP contribution in [0.3, 0.4) is 0 Å². The van der Waals surface area contributed by atoms with Gasteiger partial charge in [0.1, 0.15) is 0 Å². The van der Waals surface area contributed by atoms with Crippen LogP contribution in [-0.2, 0) is 0 Å². The summed E-state index contributed by atoms with van der Waals surface area (Å²) in [6, 6.07) is 7.29. The van der Waals surface area contributed by atoms with E-state index in [1.54, 1.807) is 12.1 Å². The molecular weight excluding hydrogens is 246 g/mol. The Morgan fingerprint density at radius 3 is 2.50 bits per heavy atom. The average molecular weight is 266 g/mol. The number of hydrogen-bond donors (Lipinski definition) is 0. The van der Waals surface area contributed by atoms with Gasteiger partial charge in [-0.15, -0.1) is 0 Å². The Kier molecular flexibility index (Phi) is 4.41. The predicted molar refractivity (Wildman–Crippen MR) is 75.2 cm³/mol. The van der Waals surface area contributed by atoms with E-state index in [4.69, 9.17) is 11.6 Å². The van der Waals surface area contributed by atoms with Gasteiger partial charge in [-0.2, -0.15) is 0 Å². The maximum absolute atomic E-state index is 12.1. The van der Waals surface area contributed by atoms with Crippen molar-refractivity contribution in [1.82, 2.24) is 4.90 Å². The van der Waals surface area contributed by atoms with E-state index in [9.17, 15) is 4.79 Å². The Hall–Kier alpha value is -0.860. The second-order valence-corrected chi connectivity index (χ2v) is 5.77. The Balaban J connectivity index is 1.88. The van der Waals surface area contributed by atoms with E-state index < -0.39 is 0 Å². The normalized spacial score (nSPS) is 24.4. The number of carbonyl (C=O) groups excluding carboxylic acids is 1. The third kappa shape index (κ3) is 3.12. The highest BCUT2D eigenvalue weighted by atomic mass is 35.5. The predicted octanol–water partition coefficient (Wildman–Crippen LogP) is 3.50. The summed E-state index contributed by atoms with van der Waals surface area (Å²) in [6.45, 7) is 7.62. The highest BCUT2D eigenvalue weighted by molar-refractivity contribution is 6.33. The number of hydrogen-bond acceptors (Lipinski definition) is 2. The van der Waals surface area contributed by atoms with Gasteiger partial charge < -0.3 is 4.90 Å². The van der Waals surface area contributed by atoms with Gasteiger partial charge in [0, 0.05) is 31.6 Å². The molecule has 0 aliphatic carbocycles. The van der Waals surface area contributed by atoms with Crippen LogP contribution in [-0.4, -0.2) is 30.3 Å². The van der Waals surface area contributed by atoms with Crippen molar-refractivity contribution >= 4 is 17.4 Å². The molecule has 98 valence electrons. The molecule has 1 aromatic rings. The molecule has 0 radical (unpaired) electrons. The quantitative estimate of drug-likeness (QED) is 0.777. The third-order valence-corrected chi connectivity index (χ3v) is 4.22. The molecule has 0 amide bonds. The molecule has 2 unspecified atom stereocenters. The Morgan fingerprint density at radius 2 is 1.89 bits per heavy atom. The first-order valence-electron chi connectivity index (χ1n) is 6.58. The van der Waals surface area contributed by atoms with Crippen molar-refractivity contribution in [3.8, 4) is 0 Å². The number of carbonyl (C=O) groups is 1. The van der Waals surface area contributed by atoms with E-state index in [0.29, 0.717) is 17.0 Å². The van der Waals surface area contributed by atoms with Crippen LogP contribution in [0.15, 0.2) is 24.3 Å². The first-order valence-corrected chi connectivity index (χ1v) is 6.96. The lowest BCUT2D eigenvalue weighted by atomic mass is 10.0. The van der Waals surface area contributed by atoms with Crippen LogP contribution in [0.25, 0.3) is 0 Å². The molecule has 1 aliphatic rings. The van der Waals surface area contributed by atoms with Gasteiger partial charge in [-0.3, -0.25) is 4.79 Å². The van der Waals surface area contributed by atoms with Crippen molar-refractivity contribution in [3.63, 3.8) is 0 Å². The zero-order valence-corrected chi connectivity index (χ0v) is 11.8. The first-order chi connectivity index (χ1) is 8.58. The molecule has 1 saturated heterocycles. The van der Waals surface area contributed by atoms with Crippen molar-refractivity contribution in [2.75, 3.05) is 19.6 Å². The van der Waals surface area contributed by atoms with Crippen LogP contribution in [0.1, 0.15) is 30.6 Å². The molecule has 2 nitrogen and oxygen atoms in total. The average Bonchev–Trinajstić information content (AvgIpc) is 2.66. The second kappa shape index (κ2) is 5.85. The van der Waals surface area contributed by atoms with E-state index in [0.717, 1.165) is 31.5 Å². The molecule has 2 atom stereocenters. The molecule has 0 N–H and O–H groups in total. The highest BCUT2D eigenvalue weighted by Crippen LogP contribution is 2.23. The minimum absolute atomic E-state index is 0.146. The molecule has 1 heterocycles. The van der Waals surface area contributed by atoms with Crippen LogP contribution in [0.5, 0.6) is 0 Å². The number of benzene rings is 1. The van der Waals surface area contributed by atoms with Gasteiger partial charge in [0.25, 0.3) is 0 Å². The zero-order valence-electron chi connectivity index (χ0n) is 11.0. The zero-order chi connectivity index (χ0) is 13.1. The first kappa shape index (κ1) is 13.6. The number of Topliss-reactive ketones (excluding diaryl/α,β-unsaturated/α-hetero) is 1. The standard InChI is InChI=1S/C15H20ClNO/c1-11-9-17(10-12(11)2)8-7-15(18)13-5-3-4-6-14(13)16/h3-6,11-12H,7-10H2,1-2H3. The van der Waals surface area contributed by atoms with Gasteiger partial charge in [-0.1, -0.05) is 37.6 Å². The van der Waals surface area contributed by atoms with Crippen molar-refractivity contribution in [2.24, 2.45) is 11.8 Å². The monoisotopic (exact) mass is 265 g/mol. The Labute approximate surface area is 114 Å². The Morgan fingerprint density at radius 1 is 1.28 bits per heavy atom. The summed E-state index contributed by atoms with van der Waals surface area (Å²) >= 11 is 6.03. The molecule has 0 spiro atoms. The van der Waals surface area contributed by atoms with Crippen LogP contribution in [0, 0.1) is 11.8 Å². The molecule has 18 heavy (non-hydrogen) atoms. The van der Waals surface area contributed by atoms with Crippen LogP contribution >= 0.6 is 11.6 Å². The summed E-state index contributed by atoms with van der Waals surface area (Å²) in [4.78, 5) is 14.5. The molecular formula is C15H20ClNO. The number of ketones is 1. The van der Waals surface area contributed by atoms with Crippen molar-refractivity contribution in [3.05, 3.63) is 34.9 Å². The fourth-order valence-electron chi connectivity index (χ4n) is 2.51. The molecule has 2 rings (SSSR count). The van der Waals surface area contributed by atoms with Gasteiger partial charge in [0.15, 0.2) is 5.78 Å². The van der Waals surface area contributed by atoms with Gasteiger partial charge in [0.05, 0.1) is 5.02 Å². The molecule has 0 saturated carbocycles. The topological polar surface area (TPSA) is 20.3 Å². The molecule has 3 heteroatoms. The number of likely N-dealkylation sites (tertiary alicyclic amines) is 1. The van der Waals surface area contributed by atoms with Gasteiger partial charge in [-0.25, -0.2) is 0 Å². The molecule has 0 bridgehead atoms. The summed E-state index contributed by atoms with van der Waals surface area (Å²) in [5, 5.41) is 0.561. The van der Waals surface area contributed by atoms with Gasteiger partial charge in [-0.05, 0) is 24.0 Å². The third-order valence-electron chi connectivity index (χ3n) is 3.89. The second-order valence-electron chi connectivity index (χ2n) is 5.37. The highest BCUT2D eigenvalue weighted by Gasteiger charge is 2.26. The smallest absolute Gasteiger partial charge is 0.165 e. The lowest BCUT2D eigenvalue weighted by molar-refractivity contribution is 0.0968. The van der Waals surface area contributed by atoms with Gasteiger partial charge >= 0.3 is 0 Å². The summed E-state index contributed by atoms with van der Waals surface area (Å²) < 4.78 is 0. The minimum Gasteiger partial charge on any atom is -0.302 e. The molecule has 1 aromatic carbocycles. The van der Waals surface area contributed by atoms with E-state index in [-0.39, 0.29) is 5.78 Å². The van der Waals surface area contributed by atoms with E-state index in [1.807, 2.05) is 12.1 Å². The lowest BCUT2D eigenvalue weighted by Gasteiger charge is -2.14. The number of nitrogens with zero attached hydrogens (tertiary/aromatic N) is 1. The van der Waals surface area contributed by atoms with Crippen LogP contribution in [0.4, 0.5) is 0 Å². The van der Waals surface area contributed by atoms with Crippen molar-refractivity contribution in [2.45, 2.75) is 20.3 Å². The van der Waals surface area contributed by atoms with Crippen molar-refractivity contribution in [1.29, 1.82) is 0 Å². The number of halogens is 1. The molecule has 0 aromatic heterocycles. The molecule has 1 aliphatic heterocycles. The van der Waals surface area contributed by atoms with E-state index in [2.05, 4.69) is 18.7 Å². The summed E-state index contributed by atoms with van der Waals surface area (Å²) in [6.07, 6.45) is 0.559. The fourth-order valence-corrected chi connectivity index (χ4v) is 2.75. The SMILES string of the molecule is CC1CN(CCC(=O)c2ccccc2Cl)CC1C. The van der Waals surface area contributed by atoms with Crippen LogP contribution in [0.2, 0.25) is 5.02 Å². The van der Waals surface area contributed by atoms with E-state index in [1.165, 1.54) is 0 Å². The summed E-state index contributed by atoms with van der Waals surface area (Å²) in [5.41, 5.74) is 0.652. The maximum Gasteiger partial charge on any atom is 0.165 e. The largest absolute Gasteiger partial charge is 0.302 e. The molecule has 1 fully saturated rings. The Bertz CT molecular complexity index is 422.